The smallest absolute Gasteiger partial charge is 0.261 e. The molecule has 20 heavy (non-hydrogen) atoms. The highest BCUT2D eigenvalue weighted by molar-refractivity contribution is 6.09. The minimum absolute atomic E-state index is 0.189. The van der Waals surface area contributed by atoms with Crippen LogP contribution in [0, 0.1) is 6.92 Å². The molecule has 0 bridgehead atoms. The number of benzene rings is 1. The number of fused-ring (bicyclic) bond motifs is 1. The highest BCUT2D eigenvalue weighted by Crippen LogP contribution is 2.24. The van der Waals surface area contributed by atoms with Gasteiger partial charge in [0.25, 0.3) is 5.91 Å². The van der Waals surface area contributed by atoms with Crippen LogP contribution >= 0.6 is 0 Å². The maximum absolute atomic E-state index is 12.4. The number of carbonyl (C=O) groups excluding carboxylic acids is 1. The van der Waals surface area contributed by atoms with Crippen molar-refractivity contribution in [3.05, 3.63) is 47.5 Å². The van der Waals surface area contributed by atoms with Crippen LogP contribution in [0.4, 0.5) is 5.69 Å². The number of aromatic amines is 1. The van der Waals surface area contributed by atoms with Crippen molar-refractivity contribution in [3.63, 3.8) is 0 Å². The number of hydrogen-bond acceptors (Lipinski definition) is 3. The van der Waals surface area contributed by atoms with E-state index in [4.69, 9.17) is 4.52 Å². The fourth-order valence-electron chi connectivity index (χ4n) is 2.31. The molecule has 0 radical (unpaired) electrons. The summed E-state index contributed by atoms with van der Waals surface area (Å²) in [5.41, 5.74) is 2.95. The minimum Gasteiger partial charge on any atom is -0.361 e. The zero-order chi connectivity index (χ0) is 14.1. The van der Waals surface area contributed by atoms with Gasteiger partial charge in [-0.05, 0) is 19.4 Å². The Balaban J connectivity index is 1.95. The summed E-state index contributed by atoms with van der Waals surface area (Å²) in [6, 6.07) is 7.81. The summed E-state index contributed by atoms with van der Waals surface area (Å²) in [5, 5.41) is 7.80. The van der Waals surface area contributed by atoms with Crippen molar-refractivity contribution in [1.29, 1.82) is 0 Å². The normalized spacial score (nSPS) is 10.9. The Morgan fingerprint density at radius 3 is 3.00 bits per heavy atom. The van der Waals surface area contributed by atoms with Crippen LogP contribution in [0.5, 0.6) is 0 Å². The van der Waals surface area contributed by atoms with Gasteiger partial charge in [0.05, 0.1) is 11.4 Å². The van der Waals surface area contributed by atoms with Crippen molar-refractivity contribution in [2.24, 2.45) is 0 Å². The summed E-state index contributed by atoms with van der Waals surface area (Å²) in [4.78, 5) is 15.5. The third-order valence-electron chi connectivity index (χ3n) is 3.33. The lowest BCUT2D eigenvalue weighted by Gasteiger charge is -2.03. The van der Waals surface area contributed by atoms with Crippen LogP contribution in [0.3, 0.4) is 0 Å². The van der Waals surface area contributed by atoms with Gasteiger partial charge in [-0.25, -0.2) is 0 Å². The van der Waals surface area contributed by atoms with Crippen LogP contribution in [-0.2, 0) is 6.42 Å². The van der Waals surface area contributed by atoms with Gasteiger partial charge in [0.2, 0.25) is 0 Å². The number of aryl methyl sites for hydroxylation is 2. The van der Waals surface area contributed by atoms with E-state index in [1.807, 2.05) is 31.2 Å². The number of amides is 1. The van der Waals surface area contributed by atoms with E-state index in [0.29, 0.717) is 23.4 Å². The minimum atomic E-state index is -0.189. The Kier molecular flexibility index (Phi) is 3.02. The topological polar surface area (TPSA) is 70.9 Å². The molecule has 3 rings (SSSR count). The second kappa shape index (κ2) is 4.85. The Labute approximate surface area is 116 Å². The molecule has 0 unspecified atom stereocenters. The van der Waals surface area contributed by atoms with Crippen molar-refractivity contribution in [3.8, 4) is 0 Å². The van der Waals surface area contributed by atoms with Crippen LogP contribution in [0.1, 0.15) is 28.7 Å². The predicted molar refractivity (Wildman–Crippen MR) is 76.9 cm³/mol. The molecule has 3 aromatic rings. The third-order valence-corrected chi connectivity index (χ3v) is 3.33. The molecule has 102 valence electrons. The molecule has 5 nitrogen and oxygen atoms in total. The Hall–Kier alpha value is -2.56. The molecule has 0 fully saturated rings. The molecular formula is C15H15N3O2. The summed E-state index contributed by atoms with van der Waals surface area (Å²) >= 11 is 0. The number of aromatic nitrogens is 2. The largest absolute Gasteiger partial charge is 0.361 e. The maximum atomic E-state index is 12.4. The summed E-state index contributed by atoms with van der Waals surface area (Å²) in [6.45, 7) is 3.69. The van der Waals surface area contributed by atoms with Crippen molar-refractivity contribution in [2.45, 2.75) is 20.3 Å². The average Bonchev–Trinajstić information content (AvgIpc) is 3.03. The Morgan fingerprint density at radius 2 is 2.20 bits per heavy atom. The van der Waals surface area contributed by atoms with Gasteiger partial charge < -0.3 is 14.8 Å². The molecule has 0 aliphatic rings. The average molecular weight is 269 g/mol. The quantitative estimate of drug-likeness (QED) is 0.766. The predicted octanol–water partition coefficient (Wildman–Crippen LogP) is 3.28. The number of H-pyrrole nitrogens is 1. The van der Waals surface area contributed by atoms with Gasteiger partial charge in [-0.15, -0.1) is 0 Å². The summed E-state index contributed by atoms with van der Waals surface area (Å²) < 4.78 is 5.10. The first kappa shape index (κ1) is 12.5. The monoisotopic (exact) mass is 269 g/mol. The third kappa shape index (κ3) is 1.97. The number of carbonyl (C=O) groups is 1. The lowest BCUT2D eigenvalue weighted by Crippen LogP contribution is -2.14. The number of hydrogen-bond donors (Lipinski definition) is 2. The van der Waals surface area contributed by atoms with E-state index in [-0.39, 0.29) is 5.91 Å². The Bertz CT molecular complexity index is 770. The maximum Gasteiger partial charge on any atom is 0.261 e. The molecular weight excluding hydrogens is 254 g/mol. The molecule has 0 atom stereocenters. The van der Waals surface area contributed by atoms with Crippen LogP contribution < -0.4 is 5.32 Å². The van der Waals surface area contributed by atoms with Gasteiger partial charge in [-0.1, -0.05) is 30.3 Å². The molecule has 2 aromatic heterocycles. The zero-order valence-corrected chi connectivity index (χ0v) is 11.4. The molecule has 0 aliphatic carbocycles. The summed E-state index contributed by atoms with van der Waals surface area (Å²) in [5.74, 6) is 0.351. The molecule has 0 aliphatic heterocycles. The van der Waals surface area contributed by atoms with E-state index >= 15 is 0 Å². The number of rotatable bonds is 3. The van der Waals surface area contributed by atoms with E-state index in [2.05, 4.69) is 15.5 Å². The van der Waals surface area contributed by atoms with Gasteiger partial charge in [-0.3, -0.25) is 4.79 Å². The van der Waals surface area contributed by atoms with E-state index in [0.717, 1.165) is 16.6 Å². The lowest BCUT2D eigenvalue weighted by molar-refractivity contribution is 0.102. The van der Waals surface area contributed by atoms with Gasteiger partial charge in [0.15, 0.2) is 0 Å². The highest BCUT2D eigenvalue weighted by Gasteiger charge is 2.20. The second-order valence-corrected chi connectivity index (χ2v) is 4.62. The number of nitrogens with zero attached hydrogens (tertiary/aromatic N) is 1. The van der Waals surface area contributed by atoms with E-state index < -0.39 is 0 Å². The van der Waals surface area contributed by atoms with Gasteiger partial charge in [0, 0.05) is 17.1 Å². The molecule has 2 heterocycles. The van der Waals surface area contributed by atoms with Gasteiger partial charge >= 0.3 is 0 Å². The van der Waals surface area contributed by atoms with Crippen LogP contribution in [-0.4, -0.2) is 16.0 Å². The lowest BCUT2D eigenvalue weighted by atomic mass is 10.1. The fourth-order valence-corrected chi connectivity index (χ4v) is 2.31. The molecule has 0 saturated heterocycles. The molecule has 5 heteroatoms. The molecule has 2 N–H and O–H groups in total. The van der Waals surface area contributed by atoms with Crippen molar-refractivity contribution in [2.75, 3.05) is 5.32 Å². The molecule has 1 amide bonds. The van der Waals surface area contributed by atoms with Crippen molar-refractivity contribution in [1.82, 2.24) is 10.1 Å². The van der Waals surface area contributed by atoms with Crippen LogP contribution in [0.25, 0.3) is 10.9 Å². The first-order chi connectivity index (χ1) is 9.70. The Morgan fingerprint density at radius 1 is 1.40 bits per heavy atom. The molecule has 0 spiro atoms. The first-order valence-electron chi connectivity index (χ1n) is 6.53. The summed E-state index contributed by atoms with van der Waals surface area (Å²) in [7, 11) is 0. The number of nitrogens with one attached hydrogen (secondary N) is 2. The number of para-hydroxylation sites is 1. The first-order valence-corrected chi connectivity index (χ1v) is 6.53. The SMILES string of the molecule is CCc1noc(C)c1C(=O)Nc1c[nH]c2ccccc12. The van der Waals surface area contributed by atoms with Crippen molar-refractivity contribution >= 4 is 22.5 Å². The fraction of sp³-hybridized carbons (Fsp3) is 0.200. The highest BCUT2D eigenvalue weighted by atomic mass is 16.5. The zero-order valence-electron chi connectivity index (χ0n) is 11.4. The van der Waals surface area contributed by atoms with Crippen LogP contribution in [0.15, 0.2) is 35.0 Å². The molecule has 1 aromatic carbocycles. The van der Waals surface area contributed by atoms with E-state index in [1.165, 1.54) is 0 Å². The van der Waals surface area contributed by atoms with Gasteiger partial charge in [0.1, 0.15) is 11.3 Å². The van der Waals surface area contributed by atoms with Gasteiger partial charge in [-0.2, -0.15) is 0 Å². The summed E-state index contributed by atoms with van der Waals surface area (Å²) in [6.07, 6.45) is 2.45. The van der Waals surface area contributed by atoms with E-state index in [9.17, 15) is 4.79 Å². The van der Waals surface area contributed by atoms with Crippen molar-refractivity contribution < 1.29 is 9.32 Å². The van der Waals surface area contributed by atoms with Crippen LogP contribution in [0.2, 0.25) is 0 Å². The molecule has 0 saturated carbocycles. The number of anilines is 1. The van der Waals surface area contributed by atoms with E-state index in [1.54, 1.807) is 13.1 Å². The second-order valence-electron chi connectivity index (χ2n) is 4.62. The standard InChI is InChI=1S/C15H15N3O2/c1-3-11-14(9(2)20-18-11)15(19)17-13-8-16-12-7-5-4-6-10(12)13/h4-8,16H,3H2,1-2H3,(H,17,19).